The molecule has 0 bridgehead atoms. The number of nitrogens with one attached hydrogen (secondary N) is 1. The Kier molecular flexibility index (Phi) is 4.58. The summed E-state index contributed by atoms with van der Waals surface area (Å²) in [4.78, 5) is 0.233. The minimum absolute atomic E-state index is 0.233. The maximum absolute atomic E-state index is 12.4. The molecule has 1 N–H and O–H groups in total. The van der Waals surface area contributed by atoms with Gasteiger partial charge in [0.05, 0.1) is 12.0 Å². The van der Waals surface area contributed by atoms with E-state index in [2.05, 4.69) is 20.7 Å². The van der Waals surface area contributed by atoms with Gasteiger partial charge in [-0.3, -0.25) is 4.72 Å². The molecular weight excluding hydrogens is 354 g/mol. The van der Waals surface area contributed by atoms with Crippen molar-refractivity contribution in [2.45, 2.75) is 18.7 Å². The van der Waals surface area contributed by atoms with Crippen LogP contribution in [0.5, 0.6) is 5.75 Å². The number of hydrogen-bond acceptors (Lipinski definition) is 3. The summed E-state index contributed by atoms with van der Waals surface area (Å²) in [5, 5.41) is 0. The van der Waals surface area contributed by atoms with Gasteiger partial charge in [0.1, 0.15) is 5.75 Å². The average molecular weight is 370 g/mol. The Bertz CT molecular complexity index is 772. The van der Waals surface area contributed by atoms with E-state index in [9.17, 15) is 8.42 Å². The zero-order valence-electron chi connectivity index (χ0n) is 12.0. The van der Waals surface area contributed by atoms with E-state index in [0.29, 0.717) is 5.69 Å². The van der Waals surface area contributed by atoms with Crippen molar-refractivity contribution in [3.8, 4) is 5.75 Å². The largest absolute Gasteiger partial charge is 0.496 e. The minimum Gasteiger partial charge on any atom is -0.496 e. The topological polar surface area (TPSA) is 55.4 Å². The second-order valence-electron chi connectivity index (χ2n) is 4.70. The summed E-state index contributed by atoms with van der Waals surface area (Å²) in [6.07, 6.45) is 0. The molecule has 4 nitrogen and oxygen atoms in total. The number of aryl methyl sites for hydroxylation is 2. The van der Waals surface area contributed by atoms with Gasteiger partial charge in [-0.1, -0.05) is 15.9 Å². The molecule has 0 aliphatic rings. The first-order chi connectivity index (χ1) is 9.83. The molecule has 112 valence electrons. The van der Waals surface area contributed by atoms with E-state index in [1.165, 1.54) is 0 Å². The van der Waals surface area contributed by atoms with Gasteiger partial charge in [-0.2, -0.15) is 0 Å². The van der Waals surface area contributed by atoms with Gasteiger partial charge in [-0.15, -0.1) is 0 Å². The normalized spacial score (nSPS) is 11.2. The molecule has 21 heavy (non-hydrogen) atoms. The maximum atomic E-state index is 12.4. The molecule has 0 radical (unpaired) electrons. The van der Waals surface area contributed by atoms with E-state index >= 15 is 0 Å². The van der Waals surface area contributed by atoms with Crippen LogP contribution in [0.25, 0.3) is 0 Å². The van der Waals surface area contributed by atoms with Crippen molar-refractivity contribution in [3.05, 3.63) is 52.0 Å². The van der Waals surface area contributed by atoms with E-state index in [-0.39, 0.29) is 4.90 Å². The standard InChI is InChI=1S/C15H16BrNO3S/c1-10-9-13(5-6-14(10)16)21(18,19)17-12-4-7-15(20-3)11(2)8-12/h4-9,17H,1-3H3. The molecule has 0 unspecified atom stereocenters. The summed E-state index contributed by atoms with van der Waals surface area (Å²) in [5.74, 6) is 0.720. The monoisotopic (exact) mass is 369 g/mol. The van der Waals surface area contributed by atoms with Crippen LogP contribution in [0, 0.1) is 13.8 Å². The van der Waals surface area contributed by atoms with Gasteiger partial charge in [-0.05, 0) is 61.4 Å². The highest BCUT2D eigenvalue weighted by molar-refractivity contribution is 9.10. The van der Waals surface area contributed by atoms with Crippen molar-refractivity contribution in [3.63, 3.8) is 0 Å². The molecule has 0 fully saturated rings. The predicted molar refractivity (Wildman–Crippen MR) is 87.4 cm³/mol. The van der Waals surface area contributed by atoms with Crippen LogP contribution in [0.2, 0.25) is 0 Å². The number of sulfonamides is 1. The first-order valence-electron chi connectivity index (χ1n) is 6.27. The average Bonchev–Trinajstić information content (AvgIpc) is 2.41. The van der Waals surface area contributed by atoms with Gasteiger partial charge in [0, 0.05) is 10.2 Å². The highest BCUT2D eigenvalue weighted by atomic mass is 79.9. The second-order valence-corrected chi connectivity index (χ2v) is 7.24. The predicted octanol–water partition coefficient (Wildman–Crippen LogP) is 3.88. The molecule has 0 saturated carbocycles. The van der Waals surface area contributed by atoms with Gasteiger partial charge in [-0.25, -0.2) is 8.42 Å². The Balaban J connectivity index is 2.32. The quantitative estimate of drug-likeness (QED) is 0.889. The lowest BCUT2D eigenvalue weighted by Gasteiger charge is -2.11. The number of ether oxygens (including phenoxy) is 1. The minimum atomic E-state index is -3.60. The zero-order valence-corrected chi connectivity index (χ0v) is 14.4. The molecule has 0 aromatic heterocycles. The van der Waals surface area contributed by atoms with Gasteiger partial charge >= 0.3 is 0 Å². The molecule has 0 aliphatic heterocycles. The van der Waals surface area contributed by atoms with Gasteiger partial charge in [0.25, 0.3) is 10.0 Å². The number of anilines is 1. The molecule has 2 aromatic carbocycles. The lowest BCUT2D eigenvalue weighted by molar-refractivity contribution is 0.412. The van der Waals surface area contributed by atoms with E-state index in [4.69, 9.17) is 4.74 Å². The molecule has 0 heterocycles. The number of hydrogen-bond donors (Lipinski definition) is 1. The second kappa shape index (κ2) is 6.07. The summed E-state index contributed by atoms with van der Waals surface area (Å²) in [6, 6.07) is 10.1. The van der Waals surface area contributed by atoms with Crippen LogP contribution in [-0.2, 0) is 10.0 Å². The van der Waals surface area contributed by atoms with E-state index in [1.54, 1.807) is 43.5 Å². The van der Waals surface area contributed by atoms with Gasteiger partial charge < -0.3 is 4.74 Å². The van der Waals surface area contributed by atoms with Crippen molar-refractivity contribution in [1.29, 1.82) is 0 Å². The highest BCUT2D eigenvalue weighted by Gasteiger charge is 2.15. The van der Waals surface area contributed by atoms with Crippen molar-refractivity contribution in [2.24, 2.45) is 0 Å². The Labute approximate surface area is 133 Å². The van der Waals surface area contributed by atoms with E-state index < -0.39 is 10.0 Å². The lowest BCUT2D eigenvalue weighted by atomic mass is 10.2. The summed E-state index contributed by atoms with van der Waals surface area (Å²) in [5.41, 5.74) is 2.24. The fraction of sp³-hybridized carbons (Fsp3) is 0.200. The van der Waals surface area contributed by atoms with Crippen LogP contribution in [0.1, 0.15) is 11.1 Å². The molecular formula is C15H16BrNO3S. The van der Waals surface area contributed by atoms with Crippen LogP contribution >= 0.6 is 15.9 Å². The van der Waals surface area contributed by atoms with E-state index in [0.717, 1.165) is 21.3 Å². The Hall–Kier alpha value is -1.53. The third-order valence-electron chi connectivity index (χ3n) is 3.09. The zero-order chi connectivity index (χ0) is 15.6. The molecule has 0 spiro atoms. The summed E-state index contributed by atoms with van der Waals surface area (Å²) < 4.78 is 33.4. The van der Waals surface area contributed by atoms with Crippen molar-refractivity contribution in [1.82, 2.24) is 0 Å². The molecule has 0 amide bonds. The first-order valence-corrected chi connectivity index (χ1v) is 8.55. The molecule has 2 aromatic rings. The Morgan fingerprint density at radius 2 is 1.76 bits per heavy atom. The molecule has 0 saturated heterocycles. The molecule has 6 heteroatoms. The van der Waals surface area contributed by atoms with Gasteiger partial charge in [0.15, 0.2) is 0 Å². The van der Waals surface area contributed by atoms with Crippen LogP contribution < -0.4 is 9.46 Å². The van der Waals surface area contributed by atoms with Crippen LogP contribution in [0.3, 0.4) is 0 Å². The molecule has 2 rings (SSSR count). The summed E-state index contributed by atoms with van der Waals surface area (Å²) in [6.45, 7) is 3.71. The summed E-state index contributed by atoms with van der Waals surface area (Å²) in [7, 11) is -2.02. The van der Waals surface area contributed by atoms with Gasteiger partial charge in [0.2, 0.25) is 0 Å². The smallest absolute Gasteiger partial charge is 0.261 e. The SMILES string of the molecule is COc1ccc(NS(=O)(=O)c2ccc(Br)c(C)c2)cc1C. The highest BCUT2D eigenvalue weighted by Crippen LogP contribution is 2.25. The lowest BCUT2D eigenvalue weighted by Crippen LogP contribution is -2.13. The van der Waals surface area contributed by atoms with Crippen molar-refractivity contribution in [2.75, 3.05) is 11.8 Å². The van der Waals surface area contributed by atoms with Crippen LogP contribution in [0.15, 0.2) is 45.8 Å². The fourth-order valence-electron chi connectivity index (χ4n) is 1.94. The summed E-state index contributed by atoms with van der Waals surface area (Å²) >= 11 is 3.36. The molecule has 0 atom stereocenters. The Morgan fingerprint density at radius 1 is 1.05 bits per heavy atom. The number of rotatable bonds is 4. The van der Waals surface area contributed by atoms with Crippen molar-refractivity contribution < 1.29 is 13.2 Å². The molecule has 0 aliphatic carbocycles. The third-order valence-corrected chi connectivity index (χ3v) is 5.36. The maximum Gasteiger partial charge on any atom is 0.261 e. The van der Waals surface area contributed by atoms with Crippen LogP contribution in [-0.4, -0.2) is 15.5 Å². The third kappa shape index (κ3) is 3.57. The van der Waals surface area contributed by atoms with E-state index in [1.807, 2.05) is 13.8 Å². The Morgan fingerprint density at radius 3 is 2.33 bits per heavy atom. The first kappa shape index (κ1) is 15.9. The number of benzene rings is 2. The van der Waals surface area contributed by atoms with Crippen LogP contribution in [0.4, 0.5) is 5.69 Å². The fourth-order valence-corrected chi connectivity index (χ4v) is 3.32. The number of halogens is 1. The number of methoxy groups -OCH3 is 1. The van der Waals surface area contributed by atoms with Crippen molar-refractivity contribution >= 4 is 31.6 Å².